The van der Waals surface area contributed by atoms with Crippen LogP contribution in [0, 0.1) is 17.5 Å². The standard InChI is InChI=1S/C13H6ClF3O/c14-9-6-7(4-5-10(9)15)13(18)8-2-1-3-11(16)12(8)17/h1-6H. The van der Waals surface area contributed by atoms with Crippen LogP contribution in [0.1, 0.15) is 15.9 Å². The van der Waals surface area contributed by atoms with Crippen LogP contribution < -0.4 is 0 Å². The zero-order chi connectivity index (χ0) is 13.3. The van der Waals surface area contributed by atoms with E-state index in [1.54, 1.807) is 0 Å². The smallest absolute Gasteiger partial charge is 0.196 e. The zero-order valence-electron chi connectivity index (χ0n) is 8.88. The van der Waals surface area contributed by atoms with Gasteiger partial charge in [-0.25, -0.2) is 13.2 Å². The van der Waals surface area contributed by atoms with E-state index < -0.39 is 28.8 Å². The molecule has 2 aromatic carbocycles. The van der Waals surface area contributed by atoms with Crippen LogP contribution in [0.2, 0.25) is 5.02 Å². The van der Waals surface area contributed by atoms with Gasteiger partial charge in [0.05, 0.1) is 10.6 Å². The Balaban J connectivity index is 2.48. The lowest BCUT2D eigenvalue weighted by molar-refractivity contribution is 0.103. The van der Waals surface area contributed by atoms with Gasteiger partial charge in [-0.3, -0.25) is 4.79 Å². The number of rotatable bonds is 2. The highest BCUT2D eigenvalue weighted by Gasteiger charge is 2.17. The fourth-order valence-electron chi connectivity index (χ4n) is 1.47. The summed E-state index contributed by atoms with van der Waals surface area (Å²) >= 11 is 5.52. The third-order valence-corrected chi connectivity index (χ3v) is 2.67. The van der Waals surface area contributed by atoms with Crippen LogP contribution in [0.25, 0.3) is 0 Å². The number of halogens is 4. The zero-order valence-corrected chi connectivity index (χ0v) is 9.64. The van der Waals surface area contributed by atoms with Crippen LogP contribution in [0.15, 0.2) is 36.4 Å². The molecule has 0 aliphatic rings. The Bertz CT molecular complexity index is 626. The Morgan fingerprint density at radius 3 is 2.39 bits per heavy atom. The topological polar surface area (TPSA) is 17.1 Å². The molecule has 0 fully saturated rings. The molecule has 1 nitrogen and oxygen atoms in total. The van der Waals surface area contributed by atoms with Gasteiger partial charge in [-0.05, 0) is 30.3 Å². The Morgan fingerprint density at radius 2 is 1.72 bits per heavy atom. The van der Waals surface area contributed by atoms with Crippen LogP contribution in [0.5, 0.6) is 0 Å². The summed E-state index contributed by atoms with van der Waals surface area (Å²) in [6.07, 6.45) is 0. The maximum absolute atomic E-state index is 13.4. The molecule has 2 aromatic rings. The maximum Gasteiger partial charge on any atom is 0.196 e. The van der Waals surface area contributed by atoms with Crippen molar-refractivity contribution < 1.29 is 18.0 Å². The van der Waals surface area contributed by atoms with E-state index in [0.29, 0.717) is 0 Å². The van der Waals surface area contributed by atoms with Crippen molar-refractivity contribution in [2.24, 2.45) is 0 Å². The minimum Gasteiger partial charge on any atom is -0.288 e. The second-order valence-electron chi connectivity index (χ2n) is 3.56. The van der Waals surface area contributed by atoms with Gasteiger partial charge in [-0.2, -0.15) is 0 Å². The van der Waals surface area contributed by atoms with Gasteiger partial charge in [0.25, 0.3) is 0 Å². The van der Waals surface area contributed by atoms with Crippen molar-refractivity contribution in [2.45, 2.75) is 0 Å². The van der Waals surface area contributed by atoms with Crippen LogP contribution in [-0.2, 0) is 0 Å². The molecule has 92 valence electrons. The second-order valence-corrected chi connectivity index (χ2v) is 3.97. The largest absolute Gasteiger partial charge is 0.288 e. The van der Waals surface area contributed by atoms with E-state index in [9.17, 15) is 18.0 Å². The molecule has 0 aliphatic heterocycles. The van der Waals surface area contributed by atoms with Gasteiger partial charge in [0.1, 0.15) is 5.82 Å². The third kappa shape index (κ3) is 2.24. The quantitative estimate of drug-likeness (QED) is 0.754. The summed E-state index contributed by atoms with van der Waals surface area (Å²) in [4.78, 5) is 11.9. The van der Waals surface area contributed by atoms with Crippen molar-refractivity contribution >= 4 is 17.4 Å². The van der Waals surface area contributed by atoms with Gasteiger partial charge in [0, 0.05) is 5.56 Å². The van der Waals surface area contributed by atoms with Crippen LogP contribution in [-0.4, -0.2) is 5.78 Å². The van der Waals surface area contributed by atoms with E-state index in [-0.39, 0.29) is 10.6 Å². The first-order valence-electron chi connectivity index (χ1n) is 4.94. The number of benzene rings is 2. The summed E-state index contributed by atoms with van der Waals surface area (Å²) in [6, 6.07) is 6.50. The fourth-order valence-corrected chi connectivity index (χ4v) is 1.65. The molecule has 2 rings (SSSR count). The van der Waals surface area contributed by atoms with Crippen molar-refractivity contribution in [1.29, 1.82) is 0 Å². The van der Waals surface area contributed by atoms with E-state index >= 15 is 0 Å². The molecule has 0 spiro atoms. The SMILES string of the molecule is O=C(c1ccc(F)c(Cl)c1)c1cccc(F)c1F. The van der Waals surface area contributed by atoms with Gasteiger partial charge < -0.3 is 0 Å². The summed E-state index contributed by atoms with van der Waals surface area (Å²) in [5.41, 5.74) is -0.427. The van der Waals surface area contributed by atoms with E-state index in [1.165, 1.54) is 6.07 Å². The Kier molecular flexibility index (Phi) is 3.39. The lowest BCUT2D eigenvalue weighted by atomic mass is 10.0. The number of hydrogen-bond acceptors (Lipinski definition) is 1. The molecule has 0 saturated carbocycles. The van der Waals surface area contributed by atoms with Gasteiger partial charge >= 0.3 is 0 Å². The molecule has 0 bridgehead atoms. The normalized spacial score (nSPS) is 10.4. The molecule has 0 aliphatic carbocycles. The Hall–Kier alpha value is -1.81. The molecule has 0 saturated heterocycles. The minimum atomic E-state index is -1.23. The van der Waals surface area contributed by atoms with Crippen molar-refractivity contribution in [3.63, 3.8) is 0 Å². The summed E-state index contributed by atoms with van der Waals surface area (Å²) in [5, 5.41) is -0.252. The van der Waals surface area contributed by atoms with Gasteiger partial charge in [0.15, 0.2) is 17.4 Å². The first kappa shape index (κ1) is 12.6. The molecule has 0 atom stereocenters. The first-order valence-corrected chi connectivity index (χ1v) is 5.32. The molecule has 0 heterocycles. The number of hydrogen-bond donors (Lipinski definition) is 0. The van der Waals surface area contributed by atoms with E-state index in [1.807, 2.05) is 0 Å². The van der Waals surface area contributed by atoms with E-state index in [2.05, 4.69) is 0 Å². The minimum absolute atomic E-state index is 0.00843. The van der Waals surface area contributed by atoms with Gasteiger partial charge in [0.2, 0.25) is 0 Å². The third-order valence-electron chi connectivity index (χ3n) is 2.38. The highest BCUT2D eigenvalue weighted by atomic mass is 35.5. The molecule has 5 heteroatoms. The lowest BCUT2D eigenvalue weighted by Gasteiger charge is -2.04. The molecular weight excluding hydrogens is 265 g/mol. The average molecular weight is 271 g/mol. The molecule has 18 heavy (non-hydrogen) atoms. The Morgan fingerprint density at radius 1 is 1.00 bits per heavy atom. The molecule has 0 radical (unpaired) electrons. The van der Waals surface area contributed by atoms with Gasteiger partial charge in [-0.1, -0.05) is 17.7 Å². The number of ketones is 1. The number of carbonyl (C=O) groups excluding carboxylic acids is 1. The highest BCUT2D eigenvalue weighted by molar-refractivity contribution is 6.31. The van der Waals surface area contributed by atoms with Crippen LogP contribution in [0.4, 0.5) is 13.2 Å². The van der Waals surface area contributed by atoms with E-state index in [4.69, 9.17) is 11.6 Å². The lowest BCUT2D eigenvalue weighted by Crippen LogP contribution is -2.06. The second kappa shape index (κ2) is 4.82. The molecule has 0 aromatic heterocycles. The highest BCUT2D eigenvalue weighted by Crippen LogP contribution is 2.20. The molecular formula is C13H6ClF3O. The van der Waals surface area contributed by atoms with Crippen molar-refractivity contribution in [3.8, 4) is 0 Å². The summed E-state index contributed by atoms with van der Waals surface area (Å²) in [6.45, 7) is 0. The van der Waals surface area contributed by atoms with Crippen molar-refractivity contribution in [1.82, 2.24) is 0 Å². The average Bonchev–Trinajstić information content (AvgIpc) is 2.35. The van der Waals surface area contributed by atoms with Gasteiger partial charge in [-0.15, -0.1) is 0 Å². The summed E-state index contributed by atoms with van der Waals surface area (Å²) in [5.74, 6) is -3.79. The molecule has 0 amide bonds. The Labute approximate surface area is 106 Å². The predicted molar refractivity (Wildman–Crippen MR) is 61.2 cm³/mol. The molecule has 0 unspecified atom stereocenters. The van der Waals surface area contributed by atoms with Crippen molar-refractivity contribution in [3.05, 3.63) is 70.0 Å². The van der Waals surface area contributed by atoms with Crippen LogP contribution in [0.3, 0.4) is 0 Å². The van der Waals surface area contributed by atoms with Crippen LogP contribution >= 0.6 is 11.6 Å². The predicted octanol–water partition coefficient (Wildman–Crippen LogP) is 3.99. The summed E-state index contributed by atoms with van der Waals surface area (Å²) < 4.78 is 39.3. The fraction of sp³-hybridized carbons (Fsp3) is 0. The van der Waals surface area contributed by atoms with E-state index in [0.717, 1.165) is 30.3 Å². The molecule has 0 N–H and O–H groups in total. The van der Waals surface area contributed by atoms with Crippen molar-refractivity contribution in [2.75, 3.05) is 0 Å². The first-order chi connectivity index (χ1) is 8.50. The summed E-state index contributed by atoms with van der Waals surface area (Å²) in [7, 11) is 0. The maximum atomic E-state index is 13.4. The monoisotopic (exact) mass is 270 g/mol. The number of carbonyl (C=O) groups is 1.